The van der Waals surface area contributed by atoms with E-state index in [9.17, 15) is 10.1 Å². The van der Waals surface area contributed by atoms with Gasteiger partial charge in [0, 0.05) is 26.0 Å². The van der Waals surface area contributed by atoms with Crippen molar-refractivity contribution in [3.8, 4) is 5.82 Å². The summed E-state index contributed by atoms with van der Waals surface area (Å²) in [5, 5.41) is 11.5. The van der Waals surface area contributed by atoms with Gasteiger partial charge < -0.3 is 9.64 Å². The maximum atomic E-state index is 11.5. The van der Waals surface area contributed by atoms with E-state index in [4.69, 9.17) is 4.74 Å². The maximum absolute atomic E-state index is 11.5. The van der Waals surface area contributed by atoms with E-state index < -0.39 is 4.92 Å². The molecule has 2 aromatic heterocycles. The molecule has 9 heteroatoms. The number of anilines is 1. The summed E-state index contributed by atoms with van der Waals surface area (Å²) in [4.78, 5) is 26.2. The molecule has 1 atom stereocenters. The van der Waals surface area contributed by atoms with E-state index in [2.05, 4.69) is 19.9 Å². The van der Waals surface area contributed by atoms with Gasteiger partial charge >= 0.3 is 5.69 Å². The van der Waals surface area contributed by atoms with Crippen LogP contribution in [0.5, 0.6) is 0 Å². The molecule has 9 nitrogen and oxygen atoms in total. The number of hydrogen-bond donors (Lipinski definition) is 0. The second kappa shape index (κ2) is 6.52. The molecule has 0 radical (unpaired) electrons. The van der Waals surface area contributed by atoms with Crippen molar-refractivity contribution in [1.82, 2.24) is 19.5 Å². The van der Waals surface area contributed by atoms with Crippen LogP contribution in [0.3, 0.4) is 0 Å². The number of hydrogen-bond acceptors (Lipinski definition) is 7. The predicted molar refractivity (Wildman–Crippen MR) is 87.5 cm³/mol. The normalized spacial score (nSPS) is 17.5. The molecule has 128 valence electrons. The summed E-state index contributed by atoms with van der Waals surface area (Å²) in [6.45, 7) is 4.82. The maximum Gasteiger partial charge on any atom is 0.333 e. The van der Waals surface area contributed by atoms with E-state index in [0.29, 0.717) is 24.1 Å². The van der Waals surface area contributed by atoms with E-state index >= 15 is 0 Å². The largest absolute Gasteiger partial charge is 0.383 e. The molecule has 0 saturated carbocycles. The first-order valence-electron chi connectivity index (χ1n) is 7.82. The van der Waals surface area contributed by atoms with Crippen LogP contribution in [0.25, 0.3) is 5.82 Å². The van der Waals surface area contributed by atoms with E-state index in [1.807, 2.05) is 0 Å². The van der Waals surface area contributed by atoms with Gasteiger partial charge in [-0.05, 0) is 26.7 Å². The topological polar surface area (TPSA) is 99.2 Å². The van der Waals surface area contributed by atoms with Crippen LogP contribution in [-0.4, -0.2) is 50.7 Å². The van der Waals surface area contributed by atoms with Crippen molar-refractivity contribution in [2.75, 3.05) is 25.2 Å². The molecule has 3 heterocycles. The first-order valence-corrected chi connectivity index (χ1v) is 7.82. The average Bonchev–Trinajstić information content (AvgIpc) is 3.15. The number of imidazole rings is 1. The van der Waals surface area contributed by atoms with Crippen LogP contribution in [0.4, 0.5) is 11.6 Å². The summed E-state index contributed by atoms with van der Waals surface area (Å²) in [6, 6.07) is 0.188. The summed E-state index contributed by atoms with van der Waals surface area (Å²) < 4.78 is 6.89. The lowest BCUT2D eigenvalue weighted by Gasteiger charge is -2.24. The van der Waals surface area contributed by atoms with Crippen molar-refractivity contribution in [2.24, 2.45) is 0 Å². The van der Waals surface area contributed by atoms with E-state index in [-0.39, 0.29) is 17.5 Å². The van der Waals surface area contributed by atoms with Crippen LogP contribution < -0.4 is 4.90 Å². The fraction of sp³-hybridized carbons (Fsp3) is 0.533. The van der Waals surface area contributed by atoms with Gasteiger partial charge in [-0.25, -0.2) is 9.97 Å². The number of methoxy groups -OCH3 is 1. The molecule has 0 unspecified atom stereocenters. The summed E-state index contributed by atoms with van der Waals surface area (Å²) in [5.74, 6) is 1.39. The van der Waals surface area contributed by atoms with Gasteiger partial charge in [-0.3, -0.25) is 14.7 Å². The second-order valence-corrected chi connectivity index (χ2v) is 5.83. The Morgan fingerprint density at radius 2 is 2.21 bits per heavy atom. The molecule has 24 heavy (non-hydrogen) atoms. The van der Waals surface area contributed by atoms with E-state index in [0.717, 1.165) is 19.4 Å². The Balaban J connectivity index is 2.12. The highest BCUT2D eigenvalue weighted by Gasteiger charge is 2.31. The summed E-state index contributed by atoms with van der Waals surface area (Å²) in [7, 11) is 1.67. The predicted octanol–water partition coefficient (Wildman–Crippen LogP) is 1.80. The number of aryl methyl sites for hydroxylation is 2. The zero-order valence-electron chi connectivity index (χ0n) is 14.0. The third-order valence-corrected chi connectivity index (χ3v) is 4.26. The van der Waals surface area contributed by atoms with Crippen LogP contribution >= 0.6 is 0 Å². The second-order valence-electron chi connectivity index (χ2n) is 5.83. The third-order valence-electron chi connectivity index (χ3n) is 4.26. The number of nitrogens with zero attached hydrogens (tertiary/aromatic N) is 6. The Kier molecular flexibility index (Phi) is 4.43. The fourth-order valence-electron chi connectivity index (χ4n) is 3.11. The Morgan fingerprint density at radius 1 is 1.42 bits per heavy atom. The Bertz CT molecular complexity index is 760. The fourth-order valence-corrected chi connectivity index (χ4v) is 3.11. The molecule has 0 spiro atoms. The number of aromatic nitrogens is 4. The van der Waals surface area contributed by atoms with E-state index in [1.54, 1.807) is 37.9 Å². The molecular weight excluding hydrogens is 312 g/mol. The third kappa shape index (κ3) is 2.82. The van der Waals surface area contributed by atoms with Crippen LogP contribution in [0.15, 0.2) is 12.4 Å². The lowest BCUT2D eigenvalue weighted by Crippen LogP contribution is -2.34. The number of rotatable bonds is 5. The molecule has 0 aromatic carbocycles. The Labute approximate surface area is 139 Å². The lowest BCUT2D eigenvalue weighted by molar-refractivity contribution is -0.385. The first kappa shape index (κ1) is 16.3. The van der Waals surface area contributed by atoms with Crippen molar-refractivity contribution in [3.63, 3.8) is 0 Å². The molecule has 0 N–H and O–H groups in total. The number of nitro groups is 1. The highest BCUT2D eigenvalue weighted by atomic mass is 16.6. The van der Waals surface area contributed by atoms with Gasteiger partial charge in [-0.15, -0.1) is 0 Å². The Hall–Kier alpha value is -2.55. The van der Waals surface area contributed by atoms with Gasteiger partial charge in [0.2, 0.25) is 11.8 Å². The number of ether oxygens (including phenoxy) is 1. The highest BCUT2D eigenvalue weighted by Crippen LogP contribution is 2.30. The SMILES string of the molecule is COC[C@@H]1CCCN1c1nc(C)c([N+](=O)[O-])c(-n2ccnc2C)n1. The van der Waals surface area contributed by atoms with Gasteiger partial charge in [-0.1, -0.05) is 0 Å². The van der Waals surface area contributed by atoms with Crippen molar-refractivity contribution in [2.45, 2.75) is 32.7 Å². The van der Waals surface area contributed by atoms with Crippen LogP contribution in [0.1, 0.15) is 24.4 Å². The van der Waals surface area contributed by atoms with Gasteiger partial charge in [-0.2, -0.15) is 4.98 Å². The minimum absolute atomic E-state index is 0.0951. The van der Waals surface area contributed by atoms with E-state index in [1.165, 1.54) is 0 Å². The summed E-state index contributed by atoms with van der Waals surface area (Å²) in [5.41, 5.74) is 0.249. The van der Waals surface area contributed by atoms with Crippen LogP contribution in [0, 0.1) is 24.0 Å². The summed E-state index contributed by atoms with van der Waals surface area (Å²) in [6.07, 6.45) is 5.28. The molecule has 1 fully saturated rings. The van der Waals surface area contributed by atoms with Crippen molar-refractivity contribution >= 4 is 11.6 Å². The zero-order valence-corrected chi connectivity index (χ0v) is 14.0. The highest BCUT2D eigenvalue weighted by molar-refractivity contribution is 5.55. The van der Waals surface area contributed by atoms with Gasteiger partial charge in [0.25, 0.3) is 0 Å². The molecular formula is C15H20N6O3. The molecule has 1 saturated heterocycles. The Morgan fingerprint density at radius 3 is 2.83 bits per heavy atom. The molecule has 0 amide bonds. The smallest absolute Gasteiger partial charge is 0.333 e. The molecule has 2 aromatic rings. The van der Waals surface area contributed by atoms with Crippen LogP contribution in [-0.2, 0) is 4.74 Å². The van der Waals surface area contributed by atoms with Crippen LogP contribution in [0.2, 0.25) is 0 Å². The van der Waals surface area contributed by atoms with Crippen molar-refractivity contribution in [3.05, 3.63) is 34.0 Å². The zero-order chi connectivity index (χ0) is 17.3. The van der Waals surface area contributed by atoms with Gasteiger partial charge in [0.15, 0.2) is 0 Å². The van der Waals surface area contributed by atoms with Gasteiger partial charge in [0.1, 0.15) is 11.5 Å². The molecule has 1 aliphatic rings. The molecule has 0 bridgehead atoms. The minimum atomic E-state index is -0.440. The minimum Gasteiger partial charge on any atom is -0.383 e. The standard InChI is InChI=1S/C15H20N6O3/c1-10-13(21(22)23)14(19-8-6-16-11(19)2)18-15(17-10)20-7-4-5-12(20)9-24-3/h6,8,12H,4-5,7,9H2,1-3H3/t12-/m0/s1. The monoisotopic (exact) mass is 332 g/mol. The lowest BCUT2D eigenvalue weighted by atomic mass is 10.2. The van der Waals surface area contributed by atoms with Crippen molar-refractivity contribution < 1.29 is 9.66 Å². The average molecular weight is 332 g/mol. The molecule has 1 aliphatic heterocycles. The molecule has 0 aliphatic carbocycles. The quantitative estimate of drug-likeness (QED) is 0.608. The van der Waals surface area contributed by atoms with Gasteiger partial charge in [0.05, 0.1) is 17.6 Å². The first-order chi connectivity index (χ1) is 11.5. The van der Waals surface area contributed by atoms with Crippen molar-refractivity contribution in [1.29, 1.82) is 0 Å². The molecule has 3 rings (SSSR count). The summed E-state index contributed by atoms with van der Waals surface area (Å²) >= 11 is 0.